The summed E-state index contributed by atoms with van der Waals surface area (Å²) in [6.45, 7) is 4.70. The van der Waals surface area contributed by atoms with E-state index in [9.17, 15) is 9.59 Å². The molecule has 2 fully saturated rings. The standard InChI is InChI=1S/C21H30N2O4/c1-15-12-18(26-2)19(27-3)13-17(15)14-20(24)22-8-5-9-23(11-10-22)21(25)16-6-4-7-16/h12-13,16H,4-11,14H2,1-3H3. The summed E-state index contributed by atoms with van der Waals surface area (Å²) in [6.07, 6.45) is 4.39. The highest BCUT2D eigenvalue weighted by atomic mass is 16.5. The third-order valence-corrected chi connectivity index (χ3v) is 5.80. The number of amides is 2. The second-order valence-corrected chi connectivity index (χ2v) is 7.50. The molecule has 1 aliphatic heterocycles. The Kier molecular flexibility index (Phi) is 6.24. The minimum absolute atomic E-state index is 0.100. The minimum Gasteiger partial charge on any atom is -0.493 e. The zero-order valence-electron chi connectivity index (χ0n) is 16.6. The molecular weight excluding hydrogens is 344 g/mol. The van der Waals surface area contributed by atoms with E-state index in [0.717, 1.165) is 36.9 Å². The van der Waals surface area contributed by atoms with Crippen molar-refractivity contribution >= 4 is 11.8 Å². The molecule has 0 radical (unpaired) electrons. The molecule has 0 unspecified atom stereocenters. The number of carbonyl (C=O) groups is 2. The van der Waals surface area contributed by atoms with Crippen LogP contribution in [0.3, 0.4) is 0 Å². The first kappa shape index (κ1) is 19.5. The molecule has 148 valence electrons. The Hall–Kier alpha value is -2.24. The number of methoxy groups -OCH3 is 2. The van der Waals surface area contributed by atoms with Crippen molar-refractivity contribution in [3.8, 4) is 11.5 Å². The number of ether oxygens (including phenoxy) is 2. The van der Waals surface area contributed by atoms with Gasteiger partial charge in [0.25, 0.3) is 0 Å². The number of carbonyl (C=O) groups excluding carboxylic acids is 2. The Labute approximate surface area is 161 Å². The number of hydrogen-bond acceptors (Lipinski definition) is 4. The number of benzene rings is 1. The predicted octanol–water partition coefficient (Wildman–Crippen LogP) is 2.42. The predicted molar refractivity (Wildman–Crippen MR) is 103 cm³/mol. The van der Waals surface area contributed by atoms with Crippen molar-refractivity contribution in [3.05, 3.63) is 23.3 Å². The van der Waals surface area contributed by atoms with E-state index in [2.05, 4.69) is 0 Å². The molecule has 6 nitrogen and oxygen atoms in total. The average molecular weight is 374 g/mol. The summed E-state index contributed by atoms with van der Waals surface area (Å²) in [5, 5.41) is 0. The van der Waals surface area contributed by atoms with E-state index >= 15 is 0 Å². The van der Waals surface area contributed by atoms with E-state index in [-0.39, 0.29) is 17.7 Å². The second-order valence-electron chi connectivity index (χ2n) is 7.50. The third-order valence-electron chi connectivity index (χ3n) is 5.80. The highest BCUT2D eigenvalue weighted by Gasteiger charge is 2.31. The van der Waals surface area contributed by atoms with Gasteiger partial charge in [-0.1, -0.05) is 6.42 Å². The highest BCUT2D eigenvalue weighted by Crippen LogP contribution is 2.31. The lowest BCUT2D eigenvalue weighted by atomic mass is 9.84. The number of rotatable bonds is 5. The van der Waals surface area contributed by atoms with E-state index in [0.29, 0.717) is 37.6 Å². The number of hydrogen-bond donors (Lipinski definition) is 0. The van der Waals surface area contributed by atoms with Gasteiger partial charge in [-0.25, -0.2) is 0 Å². The van der Waals surface area contributed by atoms with Crippen LogP contribution in [0.5, 0.6) is 11.5 Å². The lowest BCUT2D eigenvalue weighted by molar-refractivity contribution is -0.138. The first-order valence-corrected chi connectivity index (χ1v) is 9.81. The fourth-order valence-corrected chi connectivity index (χ4v) is 3.79. The summed E-state index contributed by atoms with van der Waals surface area (Å²) in [5.41, 5.74) is 1.96. The Bertz CT molecular complexity index is 700. The molecule has 6 heteroatoms. The average Bonchev–Trinajstić information content (AvgIpc) is 2.87. The van der Waals surface area contributed by atoms with E-state index in [1.54, 1.807) is 14.2 Å². The normalized spacial score (nSPS) is 17.9. The Morgan fingerprint density at radius 1 is 0.963 bits per heavy atom. The van der Waals surface area contributed by atoms with Gasteiger partial charge in [0, 0.05) is 32.1 Å². The summed E-state index contributed by atoms with van der Waals surface area (Å²) in [4.78, 5) is 29.2. The SMILES string of the molecule is COc1cc(C)c(CC(=O)N2CCCN(C(=O)C3CCC3)CC2)cc1OC. The molecule has 1 saturated carbocycles. The van der Waals surface area contributed by atoms with Crippen LogP contribution in [-0.4, -0.2) is 62.0 Å². The molecule has 0 aromatic heterocycles. The van der Waals surface area contributed by atoms with Crippen LogP contribution in [0.15, 0.2) is 12.1 Å². The van der Waals surface area contributed by atoms with E-state index in [4.69, 9.17) is 9.47 Å². The summed E-state index contributed by atoms with van der Waals surface area (Å²) >= 11 is 0. The van der Waals surface area contributed by atoms with Gasteiger partial charge in [0.15, 0.2) is 11.5 Å². The van der Waals surface area contributed by atoms with Crippen LogP contribution in [-0.2, 0) is 16.0 Å². The van der Waals surface area contributed by atoms with Gasteiger partial charge >= 0.3 is 0 Å². The Morgan fingerprint density at radius 3 is 2.22 bits per heavy atom. The molecule has 2 amide bonds. The first-order valence-electron chi connectivity index (χ1n) is 9.81. The van der Waals surface area contributed by atoms with Gasteiger partial charge < -0.3 is 19.3 Å². The van der Waals surface area contributed by atoms with E-state index in [1.807, 2.05) is 28.9 Å². The van der Waals surface area contributed by atoms with Crippen LogP contribution in [0.25, 0.3) is 0 Å². The van der Waals surface area contributed by atoms with Crippen LogP contribution < -0.4 is 9.47 Å². The minimum atomic E-state index is 0.100. The zero-order valence-corrected chi connectivity index (χ0v) is 16.6. The molecule has 1 saturated heterocycles. The fourth-order valence-electron chi connectivity index (χ4n) is 3.79. The van der Waals surface area contributed by atoms with Gasteiger partial charge in [-0.3, -0.25) is 9.59 Å². The molecule has 1 aromatic rings. The summed E-state index contributed by atoms with van der Waals surface area (Å²) in [5.74, 6) is 1.92. The molecule has 1 aliphatic carbocycles. The smallest absolute Gasteiger partial charge is 0.227 e. The number of nitrogens with zero attached hydrogens (tertiary/aromatic N) is 2. The Balaban J connectivity index is 1.62. The van der Waals surface area contributed by atoms with Crippen molar-refractivity contribution in [2.45, 2.75) is 39.0 Å². The molecule has 1 heterocycles. The van der Waals surface area contributed by atoms with Crippen LogP contribution >= 0.6 is 0 Å². The summed E-state index contributed by atoms with van der Waals surface area (Å²) in [7, 11) is 3.21. The van der Waals surface area contributed by atoms with Gasteiger partial charge in [-0.05, 0) is 49.4 Å². The van der Waals surface area contributed by atoms with Crippen molar-refractivity contribution in [2.75, 3.05) is 40.4 Å². The topological polar surface area (TPSA) is 59.1 Å². The van der Waals surface area contributed by atoms with Crippen LogP contribution in [0.2, 0.25) is 0 Å². The quantitative estimate of drug-likeness (QED) is 0.794. The molecule has 2 aliphatic rings. The van der Waals surface area contributed by atoms with Crippen molar-refractivity contribution in [1.82, 2.24) is 9.80 Å². The van der Waals surface area contributed by atoms with Crippen molar-refractivity contribution in [3.63, 3.8) is 0 Å². The molecule has 0 N–H and O–H groups in total. The zero-order chi connectivity index (χ0) is 19.4. The van der Waals surface area contributed by atoms with Crippen LogP contribution in [0.1, 0.15) is 36.8 Å². The van der Waals surface area contributed by atoms with E-state index in [1.165, 1.54) is 6.42 Å². The molecule has 0 bridgehead atoms. The van der Waals surface area contributed by atoms with Crippen LogP contribution in [0.4, 0.5) is 0 Å². The molecular formula is C21H30N2O4. The van der Waals surface area contributed by atoms with Crippen molar-refractivity contribution < 1.29 is 19.1 Å². The van der Waals surface area contributed by atoms with Gasteiger partial charge in [-0.2, -0.15) is 0 Å². The molecule has 0 atom stereocenters. The monoisotopic (exact) mass is 374 g/mol. The summed E-state index contributed by atoms with van der Waals surface area (Å²) in [6, 6.07) is 3.79. The maximum atomic E-state index is 12.9. The molecule has 3 rings (SSSR count). The van der Waals surface area contributed by atoms with Gasteiger partial charge in [0.2, 0.25) is 11.8 Å². The van der Waals surface area contributed by atoms with Gasteiger partial charge in [0.1, 0.15) is 0 Å². The summed E-state index contributed by atoms with van der Waals surface area (Å²) < 4.78 is 10.7. The number of aryl methyl sites for hydroxylation is 1. The Morgan fingerprint density at radius 2 is 1.59 bits per heavy atom. The van der Waals surface area contributed by atoms with Crippen molar-refractivity contribution in [1.29, 1.82) is 0 Å². The lowest BCUT2D eigenvalue weighted by Gasteiger charge is -2.31. The van der Waals surface area contributed by atoms with Crippen LogP contribution in [0, 0.1) is 12.8 Å². The lowest BCUT2D eigenvalue weighted by Crippen LogP contribution is -2.41. The van der Waals surface area contributed by atoms with Gasteiger partial charge in [-0.15, -0.1) is 0 Å². The highest BCUT2D eigenvalue weighted by molar-refractivity contribution is 5.81. The third kappa shape index (κ3) is 4.37. The van der Waals surface area contributed by atoms with Crippen molar-refractivity contribution in [2.24, 2.45) is 5.92 Å². The van der Waals surface area contributed by atoms with Gasteiger partial charge in [0.05, 0.1) is 20.6 Å². The molecule has 0 spiro atoms. The maximum absolute atomic E-state index is 12.9. The fraction of sp³-hybridized carbons (Fsp3) is 0.619. The molecule has 1 aromatic carbocycles. The van der Waals surface area contributed by atoms with E-state index < -0.39 is 0 Å². The largest absolute Gasteiger partial charge is 0.493 e. The maximum Gasteiger partial charge on any atom is 0.227 e. The first-order chi connectivity index (χ1) is 13.0. The second kappa shape index (κ2) is 8.63. The molecule has 27 heavy (non-hydrogen) atoms.